The molecule has 29 heteroatoms. The number of aromatic carboxylic acids is 6. The summed E-state index contributed by atoms with van der Waals surface area (Å²) in [5.41, 5.74) is -1.60. The van der Waals surface area contributed by atoms with E-state index < -0.39 is 53.0 Å². The molecule has 2 fully saturated rings. The number of carbonyl (C=O) groups is 6. The summed E-state index contributed by atoms with van der Waals surface area (Å²) in [6.07, 6.45) is 7.09. The van der Waals surface area contributed by atoms with Crippen molar-refractivity contribution in [2.24, 2.45) is 0 Å². The van der Waals surface area contributed by atoms with E-state index in [4.69, 9.17) is 27.1 Å². The van der Waals surface area contributed by atoms with E-state index >= 15 is 0 Å². The molecular weight excluding hydrogens is 1240 g/mol. The number of carboxylic acid groups (broad SMARTS) is 6. The number of rotatable bonds is 12. The van der Waals surface area contributed by atoms with E-state index in [0.717, 1.165) is 36.4 Å². The van der Waals surface area contributed by atoms with E-state index in [9.17, 15) is 59.4 Å². The molecule has 71 heavy (non-hydrogen) atoms. The Balaban J connectivity index is 0.000000369. The zero-order valence-electron chi connectivity index (χ0n) is 36.1. The van der Waals surface area contributed by atoms with Crippen molar-refractivity contribution in [3.63, 3.8) is 0 Å². The Morgan fingerprint density at radius 1 is 0.408 bits per heavy atom. The van der Waals surface area contributed by atoms with Gasteiger partial charge in [0.05, 0.1) is 96.4 Å². The van der Waals surface area contributed by atoms with Crippen molar-refractivity contribution >= 4 is 53.0 Å². The van der Waals surface area contributed by atoms with Crippen LogP contribution in [0.1, 0.15) is 62.1 Å². The van der Waals surface area contributed by atoms with Crippen LogP contribution in [0.5, 0.6) is 0 Å². The van der Waals surface area contributed by atoms with E-state index in [1.807, 2.05) is 0 Å². The first kappa shape index (κ1) is 61.3. The monoisotopic (exact) mass is 1270 g/mol. The number of pyridine rings is 6. The molecule has 0 saturated carbocycles. The second-order valence-electron chi connectivity index (χ2n) is 12.8. The number of hydrogen-bond donors (Lipinski definition) is 0. The largest absolute Gasteiger partial charge is 2.00 e. The Morgan fingerprint density at radius 3 is 0.901 bits per heavy atom. The summed E-state index contributed by atoms with van der Waals surface area (Å²) < 4.78 is 29.2. The van der Waals surface area contributed by atoms with Gasteiger partial charge in [-0.15, -0.1) is 0 Å². The van der Waals surface area contributed by atoms with Crippen LogP contribution in [0.4, 0.5) is 0 Å². The molecule has 24 nitrogen and oxygen atoms in total. The molecule has 0 bridgehead atoms. The van der Waals surface area contributed by atoms with Gasteiger partial charge in [-0.25, -0.2) is 0 Å². The molecule has 0 atom stereocenters. The molecular formula is C42H30N6O18P2Ru3. The second kappa shape index (κ2) is 30.2. The number of carboxylic acids is 6. The van der Waals surface area contributed by atoms with E-state index in [1.165, 1.54) is 61.4 Å². The second-order valence-corrected chi connectivity index (χ2v) is 15.4. The maximum Gasteiger partial charge on any atom is 2.00 e. The summed E-state index contributed by atoms with van der Waals surface area (Å²) in [5, 5.41) is 67.5. The predicted molar refractivity (Wildman–Crippen MR) is 219 cm³/mol. The van der Waals surface area contributed by atoms with Gasteiger partial charge in [-0.1, -0.05) is 0 Å². The van der Waals surface area contributed by atoms with Crippen LogP contribution in [-0.4, -0.2) is 106 Å². The van der Waals surface area contributed by atoms with Gasteiger partial charge in [0.25, 0.3) is 0 Å². The average molecular weight is 1270 g/mol. The molecule has 6 aromatic rings. The Labute approximate surface area is 442 Å². The molecule has 0 amide bonds. The molecule has 2 aliphatic rings. The molecule has 0 aliphatic carbocycles. The van der Waals surface area contributed by atoms with Gasteiger partial charge in [-0.2, -0.15) is 0 Å². The number of aromatic nitrogens is 6. The number of hydrogen-bond acceptors (Lipinski definition) is 24. The molecule has 6 aromatic heterocycles. The summed E-state index contributed by atoms with van der Waals surface area (Å²) in [6.45, 7) is 2.72. The fraction of sp³-hybridized carbons (Fsp3) is 0.143. The van der Waals surface area contributed by atoms with Gasteiger partial charge in [-0.3, -0.25) is 29.9 Å². The zero-order chi connectivity index (χ0) is 49.3. The van der Waals surface area contributed by atoms with Gasteiger partial charge in [0.15, 0.2) is 0 Å². The summed E-state index contributed by atoms with van der Waals surface area (Å²) >= 11 is 0. The van der Waals surface area contributed by atoms with Gasteiger partial charge in [0, 0.05) is 95.9 Å². The van der Waals surface area contributed by atoms with Crippen LogP contribution in [0.25, 0.3) is 45.3 Å². The first-order chi connectivity index (χ1) is 32.6. The third-order valence-electron chi connectivity index (χ3n) is 8.57. The molecule has 0 radical (unpaired) electrons. The van der Waals surface area contributed by atoms with Crippen molar-refractivity contribution in [3.05, 3.63) is 131 Å². The molecule has 0 spiro atoms. The van der Waals surface area contributed by atoms with Gasteiger partial charge in [-0.05, 0) is 60.7 Å². The molecule has 370 valence electrons. The van der Waals surface area contributed by atoms with Crippen LogP contribution in [-0.2, 0) is 85.6 Å². The van der Waals surface area contributed by atoms with Crippen molar-refractivity contribution in [1.29, 1.82) is 0 Å². The average Bonchev–Trinajstić information content (AvgIpc) is 4.10. The number of nitrogens with zero attached hydrogens (tertiary/aromatic N) is 6. The standard InChI is InChI=1S/2C18H11N3O6.2C3H7O3P.3Ru/c2*22-16(23)9-1-4-19-12(7-9)14-11(18(26)27)3-6-21-15(14)13-8-10(17(24)25)2-5-20-13;2*1-4-7-5-2-3-6-7;;;/h2*1-8H,(H,22,23)(H,24,25)(H,26,27);2*2-3H2,1H3;;;/q;;;;3*+2/p-6. The molecule has 0 aromatic carbocycles. The summed E-state index contributed by atoms with van der Waals surface area (Å²) in [7, 11) is 1.27. The minimum Gasteiger partial charge on any atom is -0.545 e. The summed E-state index contributed by atoms with van der Waals surface area (Å²) in [5.74, 6) is -8.95. The third-order valence-corrected chi connectivity index (χ3v) is 10.7. The van der Waals surface area contributed by atoms with Crippen LogP contribution >= 0.6 is 17.2 Å². The van der Waals surface area contributed by atoms with Crippen LogP contribution in [0.3, 0.4) is 0 Å². The molecule has 0 unspecified atom stereocenters. The molecule has 2 aliphatic heterocycles. The van der Waals surface area contributed by atoms with Crippen LogP contribution < -0.4 is 30.6 Å². The molecule has 8 rings (SSSR count). The van der Waals surface area contributed by atoms with Gasteiger partial charge < -0.3 is 86.5 Å². The smallest absolute Gasteiger partial charge is 0.545 e. The van der Waals surface area contributed by atoms with E-state index in [2.05, 4.69) is 29.9 Å². The van der Waals surface area contributed by atoms with E-state index in [-0.39, 0.29) is 137 Å². The Bertz CT molecular complexity index is 2640. The fourth-order valence-electron chi connectivity index (χ4n) is 5.67. The molecule has 2 saturated heterocycles. The topological polar surface area (TPSA) is 373 Å². The first-order valence-corrected chi connectivity index (χ1v) is 21.1. The first-order valence-electron chi connectivity index (χ1n) is 18.9. The van der Waals surface area contributed by atoms with Crippen molar-refractivity contribution in [1.82, 2.24) is 29.9 Å². The summed E-state index contributed by atoms with van der Waals surface area (Å²) in [4.78, 5) is 91.7. The predicted octanol–water partition coefficient (Wildman–Crippen LogP) is -1.60. The van der Waals surface area contributed by atoms with Crippen LogP contribution in [0.15, 0.2) is 97.8 Å². The number of carbonyl (C=O) groups excluding carboxylic acids is 6. The van der Waals surface area contributed by atoms with Crippen molar-refractivity contribution in [3.8, 4) is 45.3 Å². The quantitative estimate of drug-likeness (QED) is 0.0983. The summed E-state index contributed by atoms with van der Waals surface area (Å²) in [6, 6.07) is 11.6. The van der Waals surface area contributed by atoms with Gasteiger partial charge in [0.2, 0.25) is 0 Å². The van der Waals surface area contributed by atoms with Gasteiger partial charge in [0.1, 0.15) is 0 Å². The van der Waals surface area contributed by atoms with Crippen molar-refractivity contribution in [2.45, 2.75) is 0 Å². The Kier molecular flexibility index (Phi) is 26.1. The van der Waals surface area contributed by atoms with Gasteiger partial charge >= 0.3 is 75.6 Å². The Morgan fingerprint density at radius 2 is 0.662 bits per heavy atom. The maximum absolute atomic E-state index is 11.6. The van der Waals surface area contributed by atoms with Crippen molar-refractivity contribution in [2.75, 3.05) is 40.6 Å². The van der Waals surface area contributed by atoms with E-state index in [0.29, 0.717) is 26.4 Å². The normalized spacial score (nSPS) is 12.5. The van der Waals surface area contributed by atoms with Crippen molar-refractivity contribution < 1.29 is 145 Å². The molecule has 0 N–H and O–H groups in total. The molecule has 8 heterocycles. The zero-order valence-corrected chi connectivity index (χ0v) is 43.1. The minimum atomic E-state index is -1.55. The van der Waals surface area contributed by atoms with E-state index in [1.54, 1.807) is 14.2 Å². The maximum atomic E-state index is 11.6. The Hall–Kier alpha value is -5.79. The SMILES string of the molecule is COP1OCCO1.COP1OCCO1.O=C([O-])c1ccnc(-c2nccc(C(=O)[O-])c2-c2cc(C(=O)[O-])ccn2)c1.O=C([O-])c1ccnc(-c2nccc(C(=O)[O-])c2-c2cc(C(=O)[O-])ccn2)c1.[Ru+2].[Ru+2].[Ru+2]. The third kappa shape index (κ3) is 17.2. The van der Waals surface area contributed by atoms with Crippen LogP contribution in [0, 0.1) is 0 Å². The van der Waals surface area contributed by atoms with Crippen LogP contribution in [0.2, 0.25) is 0 Å². The minimum absolute atomic E-state index is 0. The fourth-order valence-corrected chi connectivity index (χ4v) is 7.13.